The standard InChI is InChI=1S/C19H16BrNO5/c1-25-13-8-5-11(9-14(13)26-2)16-15(18(23)19(24)21-16)17(22)10-3-6-12(20)7-4-10/h3-9,16,22H,1-2H3,(H,21,24)/b17-15+/t16-/m0/s1. The van der Waals surface area contributed by atoms with Gasteiger partial charge in [-0.3, -0.25) is 9.59 Å². The Kier molecular flexibility index (Phi) is 4.99. The predicted octanol–water partition coefficient (Wildman–Crippen LogP) is 3.18. The Hall–Kier alpha value is -2.80. The number of halogens is 1. The van der Waals surface area contributed by atoms with Crippen molar-refractivity contribution in [3.63, 3.8) is 0 Å². The van der Waals surface area contributed by atoms with Crippen molar-refractivity contribution in [3.8, 4) is 11.5 Å². The average Bonchev–Trinajstić information content (AvgIpc) is 2.96. The molecule has 0 aromatic heterocycles. The van der Waals surface area contributed by atoms with E-state index < -0.39 is 17.7 Å². The van der Waals surface area contributed by atoms with E-state index in [4.69, 9.17) is 9.47 Å². The van der Waals surface area contributed by atoms with E-state index in [1.165, 1.54) is 14.2 Å². The van der Waals surface area contributed by atoms with Crippen molar-refractivity contribution in [3.05, 3.63) is 63.6 Å². The largest absolute Gasteiger partial charge is 0.507 e. The number of ether oxygens (including phenoxy) is 2. The number of benzene rings is 2. The predicted molar refractivity (Wildman–Crippen MR) is 99.1 cm³/mol. The Morgan fingerprint density at radius 1 is 1.04 bits per heavy atom. The number of hydrogen-bond donors (Lipinski definition) is 2. The van der Waals surface area contributed by atoms with Crippen LogP contribution in [0.5, 0.6) is 11.5 Å². The van der Waals surface area contributed by atoms with Crippen LogP contribution in [0.1, 0.15) is 17.2 Å². The fourth-order valence-corrected chi connectivity index (χ4v) is 3.08. The van der Waals surface area contributed by atoms with Crippen LogP contribution in [0.15, 0.2) is 52.5 Å². The van der Waals surface area contributed by atoms with Gasteiger partial charge in [-0.05, 0) is 29.8 Å². The van der Waals surface area contributed by atoms with Crippen LogP contribution in [0.2, 0.25) is 0 Å². The lowest BCUT2D eigenvalue weighted by Gasteiger charge is -2.16. The molecule has 1 heterocycles. The summed E-state index contributed by atoms with van der Waals surface area (Å²) in [5.41, 5.74) is 1.04. The normalized spacial score (nSPS) is 18.5. The molecule has 0 unspecified atom stereocenters. The third-order valence-electron chi connectivity index (χ3n) is 4.13. The van der Waals surface area contributed by atoms with Gasteiger partial charge >= 0.3 is 0 Å². The van der Waals surface area contributed by atoms with Crippen molar-refractivity contribution in [1.29, 1.82) is 0 Å². The van der Waals surface area contributed by atoms with Crippen LogP contribution in [-0.4, -0.2) is 31.0 Å². The Bertz CT molecular complexity index is 905. The minimum absolute atomic E-state index is 0.00421. The van der Waals surface area contributed by atoms with Gasteiger partial charge in [-0.2, -0.15) is 0 Å². The van der Waals surface area contributed by atoms with Gasteiger partial charge in [-0.15, -0.1) is 0 Å². The molecule has 0 spiro atoms. The molecule has 2 aromatic carbocycles. The van der Waals surface area contributed by atoms with E-state index in [-0.39, 0.29) is 11.3 Å². The first kappa shape index (κ1) is 18.0. The molecule has 0 bridgehead atoms. The molecular weight excluding hydrogens is 402 g/mol. The zero-order valence-corrected chi connectivity index (χ0v) is 15.7. The van der Waals surface area contributed by atoms with Gasteiger partial charge in [0.15, 0.2) is 11.5 Å². The zero-order valence-electron chi connectivity index (χ0n) is 14.1. The van der Waals surface area contributed by atoms with Crippen molar-refractivity contribution in [2.45, 2.75) is 6.04 Å². The van der Waals surface area contributed by atoms with Crippen LogP contribution in [0.3, 0.4) is 0 Å². The summed E-state index contributed by atoms with van der Waals surface area (Å²) in [6, 6.07) is 11.1. The van der Waals surface area contributed by atoms with Crippen LogP contribution in [0.4, 0.5) is 0 Å². The number of nitrogens with one attached hydrogen (secondary N) is 1. The number of hydrogen-bond acceptors (Lipinski definition) is 5. The third-order valence-corrected chi connectivity index (χ3v) is 4.66. The highest BCUT2D eigenvalue weighted by Gasteiger charge is 2.39. The van der Waals surface area contributed by atoms with Crippen molar-refractivity contribution >= 4 is 33.4 Å². The van der Waals surface area contributed by atoms with E-state index in [9.17, 15) is 14.7 Å². The van der Waals surface area contributed by atoms with E-state index in [0.29, 0.717) is 22.6 Å². The topological polar surface area (TPSA) is 84.9 Å². The van der Waals surface area contributed by atoms with Crippen LogP contribution in [0, 0.1) is 0 Å². The first-order valence-electron chi connectivity index (χ1n) is 7.72. The molecular formula is C19H16BrNO5. The van der Waals surface area contributed by atoms with E-state index in [1.54, 1.807) is 42.5 Å². The van der Waals surface area contributed by atoms with E-state index in [0.717, 1.165) is 4.47 Å². The second-order valence-electron chi connectivity index (χ2n) is 5.62. The van der Waals surface area contributed by atoms with Gasteiger partial charge in [-0.25, -0.2) is 0 Å². The highest BCUT2D eigenvalue weighted by Crippen LogP contribution is 2.37. The number of carbonyl (C=O) groups excluding carboxylic acids is 2. The summed E-state index contributed by atoms with van der Waals surface area (Å²) < 4.78 is 11.3. The summed E-state index contributed by atoms with van der Waals surface area (Å²) >= 11 is 3.32. The molecule has 0 saturated carbocycles. The molecule has 26 heavy (non-hydrogen) atoms. The molecule has 1 aliphatic rings. The summed E-state index contributed by atoms with van der Waals surface area (Å²) in [5.74, 6) is -0.773. The molecule has 0 aliphatic carbocycles. The highest BCUT2D eigenvalue weighted by molar-refractivity contribution is 9.10. The average molecular weight is 418 g/mol. The number of rotatable bonds is 4. The first-order chi connectivity index (χ1) is 12.5. The minimum atomic E-state index is -0.779. The van der Waals surface area contributed by atoms with Crippen LogP contribution in [0.25, 0.3) is 5.76 Å². The molecule has 1 saturated heterocycles. The van der Waals surface area contributed by atoms with Crippen molar-refractivity contribution in [2.24, 2.45) is 0 Å². The molecule has 3 rings (SSSR count). The molecule has 1 amide bonds. The van der Waals surface area contributed by atoms with Crippen LogP contribution in [-0.2, 0) is 9.59 Å². The molecule has 0 radical (unpaired) electrons. The second kappa shape index (κ2) is 7.21. The zero-order chi connectivity index (χ0) is 18.8. The lowest BCUT2D eigenvalue weighted by molar-refractivity contribution is -0.133. The van der Waals surface area contributed by atoms with Gasteiger partial charge < -0.3 is 19.9 Å². The number of methoxy groups -OCH3 is 2. The monoisotopic (exact) mass is 417 g/mol. The van der Waals surface area contributed by atoms with Gasteiger partial charge in [0.1, 0.15) is 5.76 Å². The molecule has 134 valence electrons. The number of aliphatic hydroxyl groups is 1. The van der Waals surface area contributed by atoms with Crippen molar-refractivity contribution in [1.82, 2.24) is 5.32 Å². The van der Waals surface area contributed by atoms with Gasteiger partial charge in [-0.1, -0.05) is 34.1 Å². The molecule has 1 atom stereocenters. The summed E-state index contributed by atoms with van der Waals surface area (Å²) in [6.07, 6.45) is 0. The lowest BCUT2D eigenvalue weighted by atomic mass is 9.95. The van der Waals surface area contributed by atoms with Crippen LogP contribution < -0.4 is 14.8 Å². The summed E-state index contributed by atoms with van der Waals surface area (Å²) in [4.78, 5) is 24.3. The van der Waals surface area contributed by atoms with E-state index in [1.807, 2.05) is 0 Å². The van der Waals surface area contributed by atoms with Crippen molar-refractivity contribution in [2.75, 3.05) is 14.2 Å². The van der Waals surface area contributed by atoms with Gasteiger partial charge in [0.25, 0.3) is 11.7 Å². The second-order valence-corrected chi connectivity index (χ2v) is 6.53. The fraction of sp³-hybridized carbons (Fsp3) is 0.158. The SMILES string of the molecule is COc1ccc([C@@H]2NC(=O)C(=O)/C2=C(/O)c2ccc(Br)cc2)cc1OC. The minimum Gasteiger partial charge on any atom is -0.507 e. The maximum Gasteiger partial charge on any atom is 0.293 e. The Morgan fingerprint density at radius 3 is 2.31 bits per heavy atom. The maximum absolute atomic E-state index is 12.4. The Morgan fingerprint density at radius 2 is 1.69 bits per heavy atom. The van der Waals surface area contributed by atoms with E-state index in [2.05, 4.69) is 21.2 Å². The highest BCUT2D eigenvalue weighted by atomic mass is 79.9. The quantitative estimate of drug-likeness (QED) is 0.453. The van der Waals surface area contributed by atoms with Gasteiger partial charge in [0.2, 0.25) is 0 Å². The Labute approximate surface area is 158 Å². The fourth-order valence-electron chi connectivity index (χ4n) is 2.81. The number of carbonyl (C=O) groups is 2. The lowest BCUT2D eigenvalue weighted by Crippen LogP contribution is -2.21. The van der Waals surface area contributed by atoms with E-state index >= 15 is 0 Å². The molecule has 2 aromatic rings. The van der Waals surface area contributed by atoms with Gasteiger partial charge in [0.05, 0.1) is 25.8 Å². The first-order valence-corrected chi connectivity index (χ1v) is 8.51. The summed E-state index contributed by atoms with van der Waals surface area (Å²) in [5, 5.41) is 13.3. The number of Topliss-reactive ketones (excluding diaryl/α,β-unsaturated/α-hetero) is 1. The van der Waals surface area contributed by atoms with Crippen LogP contribution >= 0.6 is 15.9 Å². The molecule has 7 heteroatoms. The number of aliphatic hydroxyl groups excluding tert-OH is 1. The smallest absolute Gasteiger partial charge is 0.293 e. The molecule has 6 nitrogen and oxygen atoms in total. The van der Waals surface area contributed by atoms with Gasteiger partial charge in [0, 0.05) is 10.0 Å². The summed E-state index contributed by atoms with van der Waals surface area (Å²) in [7, 11) is 3.01. The molecule has 2 N–H and O–H groups in total. The summed E-state index contributed by atoms with van der Waals surface area (Å²) in [6.45, 7) is 0. The number of amides is 1. The molecule has 1 fully saturated rings. The third kappa shape index (κ3) is 3.17. The maximum atomic E-state index is 12.4. The number of ketones is 1. The van der Waals surface area contributed by atoms with Crippen molar-refractivity contribution < 1.29 is 24.2 Å². The molecule has 1 aliphatic heterocycles. The Balaban J connectivity index is 2.11.